The van der Waals surface area contributed by atoms with E-state index in [1.165, 1.54) is 0 Å². The van der Waals surface area contributed by atoms with Crippen molar-refractivity contribution in [1.29, 1.82) is 0 Å². The molecule has 0 radical (unpaired) electrons. The highest BCUT2D eigenvalue weighted by atomic mass is 16.8. The van der Waals surface area contributed by atoms with Crippen molar-refractivity contribution in [3.05, 3.63) is 11.6 Å². The Kier molecular flexibility index (Phi) is 14.2. The second-order valence-electron chi connectivity index (χ2n) is 21.6. The first kappa shape index (κ1) is 49.5. The van der Waals surface area contributed by atoms with Gasteiger partial charge in [0.1, 0.15) is 49.3 Å². The van der Waals surface area contributed by atoms with Crippen molar-refractivity contribution in [2.45, 2.75) is 228 Å². The first-order valence-electron chi connectivity index (χ1n) is 24.5. The van der Waals surface area contributed by atoms with Gasteiger partial charge in [-0.2, -0.15) is 0 Å². The molecule has 4 saturated heterocycles. The molecule has 19 nitrogen and oxygen atoms in total. The van der Waals surface area contributed by atoms with Gasteiger partial charge >= 0.3 is 5.97 Å². The Balaban J connectivity index is 0.737. The van der Waals surface area contributed by atoms with Crippen LogP contribution >= 0.6 is 0 Å². The molecule has 0 spiro atoms. The van der Waals surface area contributed by atoms with Gasteiger partial charge in [0.15, 0.2) is 25.2 Å². The van der Waals surface area contributed by atoms with Crippen LogP contribution in [0.1, 0.15) is 105 Å². The van der Waals surface area contributed by atoms with Gasteiger partial charge in [-0.15, -0.1) is 0 Å². The fourth-order valence-electron chi connectivity index (χ4n) is 14.3. The number of aliphatic hydroxyl groups excluding tert-OH is 8. The predicted molar refractivity (Wildman–Crippen MR) is 225 cm³/mol. The Morgan fingerprint density at radius 2 is 1.23 bits per heavy atom. The topological polar surface area (TPSA) is 282 Å². The van der Waals surface area contributed by atoms with Gasteiger partial charge in [-0.1, -0.05) is 13.8 Å². The van der Waals surface area contributed by atoms with Crippen molar-refractivity contribution in [2.75, 3.05) is 13.2 Å². The molecule has 26 atom stereocenters. The molecule has 9 N–H and O–H groups in total. The van der Waals surface area contributed by atoms with E-state index in [2.05, 4.69) is 6.92 Å². The van der Waals surface area contributed by atoms with Crippen molar-refractivity contribution >= 4 is 5.97 Å². The standard InChI is InChI=1S/C47H74O19/c1-20-41(64-36-16-30(50)42(21(2)60-36)65-37-17-31(51)43(22(3)61-37)66-44-40(56)39(55)38(54)32(18-48)63-44)29(49)15-35(59-20)62-25-8-10-45(4)24(13-25)6-7-27-28(45)14-33(52)46(5)26(9-11-47(27,46)57)23-12-34(53)58-19-23/h12,20-22,24-33,35-44,48-52,54-57H,6-11,13-19H2,1-5H3/t20-,21-,22-,24-,25+,26-,27-,28+,29+,30+,31+,32-,33-,35+,36+,37+,38-,39+,40-,41-,42-,43-,44+,45+,46+,47+/m0/s1. The molecule has 376 valence electrons. The number of esters is 1. The number of ether oxygens (including phenoxy) is 9. The van der Waals surface area contributed by atoms with Gasteiger partial charge < -0.3 is 88.6 Å². The van der Waals surface area contributed by atoms with Crippen LogP contribution in [0.4, 0.5) is 0 Å². The lowest BCUT2D eigenvalue weighted by Crippen LogP contribution is -2.67. The highest BCUT2D eigenvalue weighted by Gasteiger charge is 2.71. The van der Waals surface area contributed by atoms with Gasteiger partial charge in [-0.05, 0) is 107 Å². The van der Waals surface area contributed by atoms with Crippen LogP contribution < -0.4 is 0 Å². The van der Waals surface area contributed by atoms with E-state index in [-0.39, 0.29) is 61.1 Å². The number of aliphatic hydroxyl groups is 9. The number of hydrogen-bond donors (Lipinski definition) is 9. The van der Waals surface area contributed by atoms with Crippen LogP contribution in [-0.2, 0) is 47.4 Å². The maximum atomic E-state index is 12.6. The largest absolute Gasteiger partial charge is 0.458 e. The average Bonchev–Trinajstić information content (AvgIpc) is 3.82. The number of hydrogen-bond acceptors (Lipinski definition) is 19. The summed E-state index contributed by atoms with van der Waals surface area (Å²) in [6.07, 6.45) is -10.8. The summed E-state index contributed by atoms with van der Waals surface area (Å²) < 4.78 is 53.9. The first-order valence-corrected chi connectivity index (χ1v) is 24.5. The van der Waals surface area contributed by atoms with E-state index < -0.39 is 128 Å². The molecular weight excluding hydrogens is 868 g/mol. The van der Waals surface area contributed by atoms with Gasteiger partial charge in [0, 0.05) is 30.8 Å². The van der Waals surface area contributed by atoms with E-state index in [0.717, 1.165) is 44.1 Å². The van der Waals surface area contributed by atoms with Crippen molar-refractivity contribution in [3.63, 3.8) is 0 Å². The van der Waals surface area contributed by atoms with Crippen molar-refractivity contribution < 1.29 is 93.4 Å². The molecule has 4 aliphatic carbocycles. The fourth-order valence-corrected chi connectivity index (χ4v) is 14.3. The van der Waals surface area contributed by atoms with Crippen LogP contribution in [-0.4, -0.2) is 187 Å². The molecule has 0 bridgehead atoms. The van der Waals surface area contributed by atoms with E-state index in [1.54, 1.807) is 19.9 Å². The molecule has 4 saturated carbocycles. The highest BCUT2D eigenvalue weighted by molar-refractivity contribution is 5.85. The summed E-state index contributed by atoms with van der Waals surface area (Å²) in [5.74, 6) is 0.0825. The minimum absolute atomic E-state index is 0.0188. The number of fused-ring (bicyclic) bond motifs is 5. The van der Waals surface area contributed by atoms with Gasteiger partial charge in [-0.25, -0.2) is 4.79 Å². The Bertz CT molecular complexity index is 1720. The zero-order chi connectivity index (χ0) is 47.2. The fraction of sp³-hybridized carbons (Fsp3) is 0.936. The molecular formula is C47H74O19. The lowest BCUT2D eigenvalue weighted by molar-refractivity contribution is -0.355. The summed E-state index contributed by atoms with van der Waals surface area (Å²) in [5, 5.41) is 98.4. The summed E-state index contributed by atoms with van der Waals surface area (Å²) in [6.45, 7) is 9.11. The molecule has 0 unspecified atom stereocenters. The highest BCUT2D eigenvalue weighted by Crippen LogP contribution is 2.70. The van der Waals surface area contributed by atoms with Crippen molar-refractivity contribution in [3.8, 4) is 0 Å². The maximum Gasteiger partial charge on any atom is 0.331 e. The third-order valence-electron chi connectivity index (χ3n) is 18.1. The Morgan fingerprint density at radius 1 is 0.652 bits per heavy atom. The van der Waals surface area contributed by atoms with Crippen LogP contribution in [0.3, 0.4) is 0 Å². The molecule has 5 aliphatic heterocycles. The van der Waals surface area contributed by atoms with Crippen LogP contribution in [0.2, 0.25) is 0 Å². The van der Waals surface area contributed by atoms with Gasteiger partial charge in [0.05, 0.1) is 61.0 Å². The molecule has 0 amide bonds. The summed E-state index contributed by atoms with van der Waals surface area (Å²) in [4.78, 5) is 12.0. The van der Waals surface area contributed by atoms with Crippen LogP contribution in [0.25, 0.3) is 0 Å². The number of carbonyl (C=O) groups is 1. The molecule has 0 aromatic heterocycles. The van der Waals surface area contributed by atoms with Crippen molar-refractivity contribution in [1.82, 2.24) is 0 Å². The molecule has 8 fully saturated rings. The van der Waals surface area contributed by atoms with Crippen LogP contribution in [0.5, 0.6) is 0 Å². The maximum absolute atomic E-state index is 12.6. The summed E-state index contributed by atoms with van der Waals surface area (Å²) in [6, 6.07) is 0. The van der Waals surface area contributed by atoms with E-state index in [0.29, 0.717) is 18.8 Å². The SMILES string of the molecule is C[C@@H]1O[C@H](O[C@@H]2CC[C@]3(C)[C@@H](CC[C@H]4[C@H]3C[C@H](O)[C@@]3(C)[C@H](C5=CC(=O)OC5)CC[C@@]43O)C2)C[C@@H](O)[C@H]1O[C@@H]1C[C@@H](O)[C@@H](O[C@@H]2C[C@@H](O)[C@@H](O[C@H]3O[C@@H](CO)[C@H](O)[C@@H](O)[C@@H]3O)[C@H](C)O2)[C@H](C)O1. The van der Waals surface area contributed by atoms with Gasteiger partial charge in [0.2, 0.25) is 0 Å². The summed E-state index contributed by atoms with van der Waals surface area (Å²) >= 11 is 0. The third-order valence-corrected chi connectivity index (χ3v) is 18.1. The van der Waals surface area contributed by atoms with Gasteiger partial charge in [-0.3, -0.25) is 0 Å². The Hall–Kier alpha value is -1.47. The van der Waals surface area contributed by atoms with Crippen LogP contribution in [0, 0.1) is 34.5 Å². The first-order chi connectivity index (χ1) is 31.2. The summed E-state index contributed by atoms with van der Waals surface area (Å²) in [7, 11) is 0. The van der Waals surface area contributed by atoms with Gasteiger partial charge in [0.25, 0.3) is 0 Å². The van der Waals surface area contributed by atoms with E-state index in [9.17, 15) is 50.8 Å². The summed E-state index contributed by atoms with van der Waals surface area (Å²) in [5.41, 5.74) is -0.989. The Labute approximate surface area is 385 Å². The molecule has 19 heteroatoms. The number of carbonyl (C=O) groups excluding carboxylic acids is 1. The monoisotopic (exact) mass is 942 g/mol. The second kappa shape index (κ2) is 18.9. The van der Waals surface area contributed by atoms with Crippen molar-refractivity contribution in [2.24, 2.45) is 34.5 Å². The van der Waals surface area contributed by atoms with E-state index in [1.807, 2.05) is 13.8 Å². The van der Waals surface area contributed by atoms with E-state index >= 15 is 0 Å². The number of cyclic esters (lactones) is 1. The lowest BCUT2D eigenvalue weighted by atomic mass is 9.42. The molecule has 66 heavy (non-hydrogen) atoms. The zero-order valence-electron chi connectivity index (χ0n) is 38.7. The zero-order valence-corrected chi connectivity index (χ0v) is 38.7. The third kappa shape index (κ3) is 8.64. The van der Waals surface area contributed by atoms with Crippen LogP contribution in [0.15, 0.2) is 11.6 Å². The molecule has 5 heterocycles. The normalized spacial score (nSPS) is 55.3. The smallest absolute Gasteiger partial charge is 0.331 e. The molecule has 9 rings (SSSR count). The molecule has 9 aliphatic rings. The predicted octanol–water partition coefficient (Wildman–Crippen LogP) is 0.0423. The average molecular weight is 943 g/mol. The lowest BCUT2D eigenvalue weighted by Gasteiger charge is -2.65. The minimum atomic E-state index is -1.65. The van der Waals surface area contributed by atoms with E-state index in [4.69, 9.17) is 42.6 Å². The minimum Gasteiger partial charge on any atom is -0.458 e. The quantitative estimate of drug-likeness (QED) is 0.103. The molecule has 0 aromatic rings. The number of rotatable bonds is 10. The molecule has 0 aromatic carbocycles. The second-order valence-corrected chi connectivity index (χ2v) is 21.6. The Morgan fingerprint density at radius 3 is 1.77 bits per heavy atom.